The zero-order valence-electron chi connectivity index (χ0n) is 12.3. The predicted octanol–water partition coefficient (Wildman–Crippen LogP) is 0.593. The van der Waals surface area contributed by atoms with Gasteiger partial charge in [0, 0.05) is 38.9 Å². The van der Waals surface area contributed by atoms with E-state index in [1.54, 1.807) is 12.0 Å². The fourth-order valence-electron chi connectivity index (χ4n) is 1.96. The largest absolute Gasteiger partial charge is 0.444 e. The molecule has 6 nitrogen and oxygen atoms in total. The van der Waals surface area contributed by atoms with E-state index in [4.69, 9.17) is 14.6 Å². The molecule has 0 aromatic rings. The highest BCUT2D eigenvalue weighted by molar-refractivity contribution is 5.69. The van der Waals surface area contributed by atoms with Crippen LogP contribution in [-0.2, 0) is 9.47 Å². The number of carbonyl (C=O) groups excluding carboxylic acids is 1. The van der Waals surface area contributed by atoms with Crippen LogP contribution in [0.2, 0.25) is 0 Å². The minimum atomic E-state index is -0.453. The maximum atomic E-state index is 11.7. The van der Waals surface area contributed by atoms with Crippen molar-refractivity contribution in [2.24, 2.45) is 0 Å². The molecule has 1 saturated heterocycles. The highest BCUT2D eigenvalue weighted by atomic mass is 16.6. The number of aliphatic hydroxyl groups excluding tert-OH is 1. The predicted molar refractivity (Wildman–Crippen MR) is 72.1 cm³/mol. The summed E-state index contributed by atoms with van der Waals surface area (Å²) in [6.45, 7) is 7.54. The summed E-state index contributed by atoms with van der Waals surface area (Å²) in [5, 5.41) is 12.3. The van der Waals surface area contributed by atoms with Gasteiger partial charge in [0.05, 0.1) is 6.61 Å². The first kappa shape index (κ1) is 16.2. The van der Waals surface area contributed by atoms with Crippen LogP contribution in [0.15, 0.2) is 0 Å². The molecule has 1 amide bonds. The molecule has 1 heterocycles. The molecule has 1 aliphatic rings. The maximum Gasteiger partial charge on any atom is 0.410 e. The van der Waals surface area contributed by atoms with Crippen LogP contribution in [0.25, 0.3) is 0 Å². The van der Waals surface area contributed by atoms with E-state index < -0.39 is 5.60 Å². The number of nitrogens with one attached hydrogen (secondary N) is 1. The Morgan fingerprint density at radius 1 is 1.47 bits per heavy atom. The van der Waals surface area contributed by atoms with Crippen molar-refractivity contribution in [2.75, 3.05) is 33.4 Å². The number of carbonyl (C=O) groups is 1. The van der Waals surface area contributed by atoms with Crippen molar-refractivity contribution in [1.29, 1.82) is 0 Å². The van der Waals surface area contributed by atoms with Crippen LogP contribution in [0.1, 0.15) is 27.2 Å². The Bertz CT molecular complexity index is 279. The molecule has 1 aliphatic heterocycles. The number of amides is 1. The number of methoxy groups -OCH3 is 1. The van der Waals surface area contributed by atoms with E-state index >= 15 is 0 Å². The second-order valence-electron chi connectivity index (χ2n) is 5.91. The fourth-order valence-corrected chi connectivity index (χ4v) is 1.96. The van der Waals surface area contributed by atoms with Crippen molar-refractivity contribution >= 4 is 6.09 Å². The minimum absolute atomic E-state index is 0.126. The number of hydrogen-bond acceptors (Lipinski definition) is 5. The number of nitrogens with zero attached hydrogens (tertiary/aromatic N) is 1. The number of likely N-dealkylation sites (tertiary alicyclic amines) is 1. The van der Waals surface area contributed by atoms with Gasteiger partial charge in [-0.25, -0.2) is 4.79 Å². The molecule has 1 fully saturated rings. The molecule has 0 radical (unpaired) electrons. The van der Waals surface area contributed by atoms with Gasteiger partial charge < -0.3 is 24.8 Å². The SMILES string of the molecule is COCC(CCO)NC1CN(C(=O)OC(C)(C)C)C1. The van der Waals surface area contributed by atoms with Gasteiger partial charge in [-0.05, 0) is 27.2 Å². The Morgan fingerprint density at radius 2 is 2.11 bits per heavy atom. The summed E-state index contributed by atoms with van der Waals surface area (Å²) >= 11 is 0. The molecule has 0 saturated carbocycles. The smallest absolute Gasteiger partial charge is 0.410 e. The Balaban J connectivity index is 2.27. The van der Waals surface area contributed by atoms with Gasteiger partial charge >= 0.3 is 6.09 Å². The van der Waals surface area contributed by atoms with E-state index in [0.717, 1.165) is 0 Å². The van der Waals surface area contributed by atoms with E-state index in [0.29, 0.717) is 26.1 Å². The Kier molecular flexibility index (Phi) is 6.03. The van der Waals surface area contributed by atoms with Crippen LogP contribution < -0.4 is 5.32 Å². The van der Waals surface area contributed by atoms with Crippen LogP contribution in [0.3, 0.4) is 0 Å². The van der Waals surface area contributed by atoms with Crippen molar-refractivity contribution < 1.29 is 19.4 Å². The molecule has 1 unspecified atom stereocenters. The topological polar surface area (TPSA) is 71.0 Å². The molecule has 0 spiro atoms. The fraction of sp³-hybridized carbons (Fsp3) is 0.923. The monoisotopic (exact) mass is 274 g/mol. The summed E-state index contributed by atoms with van der Waals surface area (Å²) in [5.74, 6) is 0. The van der Waals surface area contributed by atoms with Crippen molar-refractivity contribution in [3.8, 4) is 0 Å². The highest BCUT2D eigenvalue weighted by Crippen LogP contribution is 2.15. The van der Waals surface area contributed by atoms with E-state index in [1.165, 1.54) is 0 Å². The van der Waals surface area contributed by atoms with Crippen LogP contribution >= 0.6 is 0 Å². The third-order valence-electron chi connectivity index (χ3n) is 2.85. The second kappa shape index (κ2) is 7.07. The van der Waals surface area contributed by atoms with E-state index in [-0.39, 0.29) is 24.8 Å². The summed E-state index contributed by atoms with van der Waals surface area (Å²) in [6.07, 6.45) is 0.382. The molecule has 1 rings (SSSR count). The second-order valence-corrected chi connectivity index (χ2v) is 5.91. The number of rotatable bonds is 6. The van der Waals surface area contributed by atoms with Gasteiger partial charge in [-0.3, -0.25) is 0 Å². The van der Waals surface area contributed by atoms with Gasteiger partial charge in [0.15, 0.2) is 0 Å². The number of hydrogen-bond donors (Lipinski definition) is 2. The first-order chi connectivity index (χ1) is 8.85. The minimum Gasteiger partial charge on any atom is -0.444 e. The summed E-state index contributed by atoms with van der Waals surface area (Å²) < 4.78 is 10.4. The summed E-state index contributed by atoms with van der Waals surface area (Å²) in [7, 11) is 1.64. The Labute approximate surface area is 115 Å². The van der Waals surface area contributed by atoms with Crippen molar-refractivity contribution in [3.05, 3.63) is 0 Å². The lowest BCUT2D eigenvalue weighted by Gasteiger charge is -2.41. The molecule has 0 aliphatic carbocycles. The van der Waals surface area contributed by atoms with Gasteiger partial charge in [0.25, 0.3) is 0 Å². The highest BCUT2D eigenvalue weighted by Gasteiger charge is 2.34. The van der Waals surface area contributed by atoms with Crippen LogP contribution in [-0.4, -0.2) is 67.2 Å². The molecule has 0 aromatic carbocycles. The number of aliphatic hydroxyl groups is 1. The zero-order chi connectivity index (χ0) is 14.5. The maximum absolute atomic E-state index is 11.7. The van der Waals surface area contributed by atoms with Gasteiger partial charge in [0.1, 0.15) is 5.60 Å². The molecule has 112 valence electrons. The molecule has 6 heteroatoms. The van der Waals surface area contributed by atoms with Crippen molar-refractivity contribution in [2.45, 2.75) is 44.9 Å². The summed E-state index contributed by atoms with van der Waals surface area (Å²) in [6, 6.07) is 0.375. The normalized spacial score (nSPS) is 18.1. The Hall–Kier alpha value is -0.850. The van der Waals surface area contributed by atoms with Crippen LogP contribution in [0.4, 0.5) is 4.79 Å². The summed E-state index contributed by atoms with van der Waals surface area (Å²) in [4.78, 5) is 13.4. The third-order valence-corrected chi connectivity index (χ3v) is 2.85. The first-order valence-electron chi connectivity index (χ1n) is 6.69. The first-order valence-corrected chi connectivity index (χ1v) is 6.69. The lowest BCUT2D eigenvalue weighted by molar-refractivity contribution is 0.00235. The van der Waals surface area contributed by atoms with E-state index in [9.17, 15) is 4.79 Å². The lowest BCUT2D eigenvalue weighted by atomic mass is 10.1. The third kappa shape index (κ3) is 5.76. The number of ether oxygens (including phenoxy) is 2. The zero-order valence-corrected chi connectivity index (χ0v) is 12.3. The molecular formula is C13H26N2O4. The molecule has 1 atom stereocenters. The van der Waals surface area contributed by atoms with Crippen LogP contribution in [0, 0.1) is 0 Å². The van der Waals surface area contributed by atoms with Crippen LogP contribution in [0.5, 0.6) is 0 Å². The molecule has 19 heavy (non-hydrogen) atoms. The quantitative estimate of drug-likeness (QED) is 0.742. The molecule has 0 bridgehead atoms. The van der Waals surface area contributed by atoms with Gasteiger partial charge in [0.2, 0.25) is 0 Å². The van der Waals surface area contributed by atoms with E-state index in [2.05, 4.69) is 5.32 Å². The summed E-state index contributed by atoms with van der Waals surface area (Å²) in [5.41, 5.74) is -0.453. The lowest BCUT2D eigenvalue weighted by Crippen LogP contribution is -2.62. The molecular weight excluding hydrogens is 248 g/mol. The van der Waals surface area contributed by atoms with Gasteiger partial charge in [-0.15, -0.1) is 0 Å². The van der Waals surface area contributed by atoms with Gasteiger partial charge in [-0.1, -0.05) is 0 Å². The average Bonchev–Trinajstić information content (AvgIpc) is 2.20. The standard InChI is InChI=1S/C13H26N2O4/c1-13(2,3)19-12(17)15-7-11(8-15)14-10(5-6-16)9-18-4/h10-11,14,16H,5-9H2,1-4H3. The molecule has 0 aromatic heterocycles. The molecule has 2 N–H and O–H groups in total. The van der Waals surface area contributed by atoms with Crippen molar-refractivity contribution in [3.63, 3.8) is 0 Å². The van der Waals surface area contributed by atoms with Crippen molar-refractivity contribution in [1.82, 2.24) is 10.2 Å². The van der Waals surface area contributed by atoms with Gasteiger partial charge in [-0.2, -0.15) is 0 Å². The van der Waals surface area contributed by atoms with E-state index in [1.807, 2.05) is 20.8 Å². The Morgan fingerprint density at radius 3 is 2.58 bits per heavy atom. The average molecular weight is 274 g/mol.